The lowest BCUT2D eigenvalue weighted by atomic mass is 9.93. The molecule has 1 heterocycles. The molecule has 0 N–H and O–H groups in total. The zero-order valence-corrected chi connectivity index (χ0v) is 14.9. The molecule has 0 aromatic heterocycles. The van der Waals surface area contributed by atoms with E-state index in [1.165, 1.54) is 0 Å². The number of para-hydroxylation sites is 1. The zero-order valence-electron chi connectivity index (χ0n) is 14.1. The molecule has 0 amide bonds. The molecule has 0 bridgehead atoms. The Bertz CT molecular complexity index is 797. The highest BCUT2D eigenvalue weighted by molar-refractivity contribution is 8.13. The number of nitrogens with zero attached hydrogens (tertiary/aromatic N) is 2. The third-order valence-corrected chi connectivity index (χ3v) is 4.77. The average Bonchev–Trinajstić information content (AvgIpc) is 2.61. The lowest BCUT2D eigenvalue weighted by Gasteiger charge is -2.34. The molecule has 2 aromatic rings. The fourth-order valence-corrected chi connectivity index (χ4v) is 3.68. The van der Waals surface area contributed by atoms with Gasteiger partial charge in [0.05, 0.1) is 0 Å². The minimum atomic E-state index is -0.244. The predicted octanol–water partition coefficient (Wildman–Crippen LogP) is 4.83. The third kappa shape index (κ3) is 3.02. The molecule has 1 atom stereocenters. The Kier molecular flexibility index (Phi) is 4.86. The number of hydrogen-bond donors (Lipinski definition) is 0. The Labute approximate surface area is 147 Å². The van der Waals surface area contributed by atoms with Crippen molar-refractivity contribution in [1.29, 1.82) is 0 Å². The fourth-order valence-electron chi connectivity index (χ4n) is 3.04. The van der Waals surface area contributed by atoms with Crippen LogP contribution >= 0.6 is 11.8 Å². The molecule has 0 aliphatic carbocycles. The molecule has 3 nitrogen and oxygen atoms in total. The predicted molar refractivity (Wildman–Crippen MR) is 102 cm³/mol. The molecule has 122 valence electrons. The van der Waals surface area contributed by atoms with Gasteiger partial charge in [0.2, 0.25) is 0 Å². The number of ketones is 1. The van der Waals surface area contributed by atoms with Crippen LogP contribution in [-0.2, 0) is 4.79 Å². The molecule has 1 aliphatic rings. The lowest BCUT2D eigenvalue weighted by molar-refractivity contribution is -0.113. The first-order valence-corrected chi connectivity index (χ1v) is 9.09. The van der Waals surface area contributed by atoms with Gasteiger partial charge in [0, 0.05) is 17.0 Å². The molecule has 0 saturated carbocycles. The number of rotatable bonds is 3. The van der Waals surface area contributed by atoms with Gasteiger partial charge in [0.25, 0.3) is 0 Å². The number of allylic oxidation sites excluding steroid dienone is 1. The van der Waals surface area contributed by atoms with Crippen molar-refractivity contribution in [2.24, 2.45) is 4.99 Å². The van der Waals surface area contributed by atoms with Gasteiger partial charge in [0.15, 0.2) is 11.0 Å². The minimum absolute atomic E-state index is 0.0613. The lowest BCUT2D eigenvalue weighted by Crippen LogP contribution is -2.34. The van der Waals surface area contributed by atoms with Crippen molar-refractivity contribution < 1.29 is 4.79 Å². The SMILES string of the molecule is CSC1=N[C@H](c2ccccc2)C(C(C)=O)=C(C)N1c1ccccc1. The van der Waals surface area contributed by atoms with Crippen molar-refractivity contribution in [2.75, 3.05) is 11.2 Å². The fraction of sp³-hybridized carbons (Fsp3) is 0.200. The average molecular weight is 336 g/mol. The number of amidine groups is 1. The number of Topliss-reactive ketones (excluding diaryl/α,β-unsaturated/α-hetero) is 1. The first kappa shape index (κ1) is 16.5. The number of thioether (sulfide) groups is 1. The van der Waals surface area contributed by atoms with Crippen molar-refractivity contribution in [3.8, 4) is 0 Å². The largest absolute Gasteiger partial charge is 0.295 e. The minimum Gasteiger partial charge on any atom is -0.295 e. The number of anilines is 1. The summed E-state index contributed by atoms with van der Waals surface area (Å²) in [6.07, 6.45) is 2.02. The maximum Gasteiger partial charge on any atom is 0.168 e. The number of carbonyl (C=O) groups is 1. The summed E-state index contributed by atoms with van der Waals surface area (Å²) in [5, 5.41) is 0.901. The summed E-state index contributed by atoms with van der Waals surface area (Å²) in [5.41, 5.74) is 3.76. The molecule has 1 aliphatic heterocycles. The Hall–Kier alpha value is -2.33. The van der Waals surface area contributed by atoms with Gasteiger partial charge in [0.1, 0.15) is 6.04 Å². The van der Waals surface area contributed by atoms with E-state index in [2.05, 4.69) is 4.90 Å². The number of carbonyl (C=O) groups excluding carboxylic acids is 1. The first-order valence-electron chi connectivity index (χ1n) is 7.87. The normalized spacial score (nSPS) is 17.7. The number of hydrogen-bond acceptors (Lipinski definition) is 4. The first-order chi connectivity index (χ1) is 11.6. The molecule has 3 rings (SSSR count). The van der Waals surface area contributed by atoms with Gasteiger partial charge in [-0.25, -0.2) is 4.99 Å². The van der Waals surface area contributed by atoms with Crippen LogP contribution in [0.4, 0.5) is 5.69 Å². The molecule has 24 heavy (non-hydrogen) atoms. The van der Waals surface area contributed by atoms with Crippen molar-refractivity contribution in [3.05, 3.63) is 77.5 Å². The molecule has 0 saturated heterocycles. The van der Waals surface area contributed by atoms with Crippen LogP contribution in [0.25, 0.3) is 0 Å². The van der Waals surface area contributed by atoms with E-state index < -0.39 is 0 Å². The second-order valence-corrected chi connectivity index (χ2v) is 6.43. The van der Waals surface area contributed by atoms with E-state index >= 15 is 0 Å². The van der Waals surface area contributed by atoms with Crippen molar-refractivity contribution in [1.82, 2.24) is 0 Å². The summed E-state index contributed by atoms with van der Waals surface area (Å²) < 4.78 is 0. The highest BCUT2D eigenvalue weighted by Crippen LogP contribution is 2.38. The van der Waals surface area contributed by atoms with Gasteiger partial charge < -0.3 is 0 Å². The Morgan fingerprint density at radius 2 is 1.62 bits per heavy atom. The van der Waals surface area contributed by atoms with Crippen LogP contribution in [0, 0.1) is 0 Å². The van der Waals surface area contributed by atoms with Crippen LogP contribution in [0.3, 0.4) is 0 Å². The monoisotopic (exact) mass is 336 g/mol. The van der Waals surface area contributed by atoms with E-state index in [0.717, 1.165) is 27.7 Å². The summed E-state index contributed by atoms with van der Waals surface area (Å²) in [6.45, 7) is 3.63. The van der Waals surface area contributed by atoms with E-state index in [0.29, 0.717) is 0 Å². The summed E-state index contributed by atoms with van der Waals surface area (Å²) >= 11 is 1.60. The van der Waals surface area contributed by atoms with E-state index in [4.69, 9.17) is 4.99 Å². The molecule has 4 heteroatoms. The van der Waals surface area contributed by atoms with Gasteiger partial charge >= 0.3 is 0 Å². The standard InChI is InChI=1S/C20H20N2OS/c1-14-18(15(2)23)19(16-10-6-4-7-11-16)21-20(24-3)22(14)17-12-8-5-9-13-17/h4-13,19H,1-3H3/t19-/m1/s1. The maximum absolute atomic E-state index is 12.4. The Morgan fingerprint density at radius 1 is 1.04 bits per heavy atom. The van der Waals surface area contributed by atoms with Gasteiger partial charge in [-0.2, -0.15) is 0 Å². The quantitative estimate of drug-likeness (QED) is 0.805. The molecule has 0 spiro atoms. The van der Waals surface area contributed by atoms with E-state index in [1.807, 2.05) is 73.8 Å². The smallest absolute Gasteiger partial charge is 0.168 e. The second kappa shape index (κ2) is 7.05. The molecule has 2 aromatic carbocycles. The summed E-state index contributed by atoms with van der Waals surface area (Å²) in [6, 6.07) is 19.8. The Morgan fingerprint density at radius 3 is 2.17 bits per heavy atom. The van der Waals surface area contributed by atoms with Crippen LogP contribution in [0.5, 0.6) is 0 Å². The number of benzene rings is 2. The topological polar surface area (TPSA) is 32.7 Å². The number of aliphatic imine (C=N–C) groups is 1. The highest BCUT2D eigenvalue weighted by Gasteiger charge is 2.31. The summed E-state index contributed by atoms with van der Waals surface area (Å²) in [5.74, 6) is 0.0613. The van der Waals surface area contributed by atoms with Gasteiger partial charge in [-0.1, -0.05) is 60.3 Å². The van der Waals surface area contributed by atoms with Crippen LogP contribution in [-0.4, -0.2) is 17.2 Å². The molecular weight excluding hydrogens is 316 g/mol. The van der Waals surface area contributed by atoms with Gasteiger partial charge in [-0.3, -0.25) is 9.69 Å². The second-order valence-electron chi connectivity index (χ2n) is 5.66. The van der Waals surface area contributed by atoms with Crippen molar-refractivity contribution in [3.63, 3.8) is 0 Å². The van der Waals surface area contributed by atoms with E-state index in [1.54, 1.807) is 18.7 Å². The molecular formula is C20H20N2OS. The van der Waals surface area contributed by atoms with Crippen LogP contribution < -0.4 is 4.90 Å². The molecule has 0 radical (unpaired) electrons. The Balaban J connectivity index is 2.16. The van der Waals surface area contributed by atoms with E-state index in [-0.39, 0.29) is 11.8 Å². The van der Waals surface area contributed by atoms with Gasteiger partial charge in [-0.05, 0) is 37.8 Å². The van der Waals surface area contributed by atoms with Crippen LogP contribution in [0.2, 0.25) is 0 Å². The summed E-state index contributed by atoms with van der Waals surface area (Å²) in [7, 11) is 0. The summed E-state index contributed by atoms with van der Waals surface area (Å²) in [4.78, 5) is 19.4. The molecule has 0 unspecified atom stereocenters. The highest BCUT2D eigenvalue weighted by atomic mass is 32.2. The van der Waals surface area contributed by atoms with E-state index in [9.17, 15) is 4.79 Å². The van der Waals surface area contributed by atoms with Gasteiger partial charge in [-0.15, -0.1) is 0 Å². The zero-order chi connectivity index (χ0) is 17.1. The maximum atomic E-state index is 12.4. The van der Waals surface area contributed by atoms with Crippen LogP contribution in [0.15, 0.2) is 76.9 Å². The molecule has 0 fully saturated rings. The third-order valence-electron chi connectivity index (χ3n) is 4.12. The van der Waals surface area contributed by atoms with Crippen molar-refractivity contribution in [2.45, 2.75) is 19.9 Å². The van der Waals surface area contributed by atoms with Crippen LogP contribution in [0.1, 0.15) is 25.5 Å². The van der Waals surface area contributed by atoms with Crippen molar-refractivity contribution >= 4 is 28.4 Å².